The van der Waals surface area contributed by atoms with Crippen molar-refractivity contribution in [1.29, 1.82) is 5.26 Å². The summed E-state index contributed by atoms with van der Waals surface area (Å²) in [5, 5.41) is 27.7. The number of fused-ring (bicyclic) bond motifs is 1. The van der Waals surface area contributed by atoms with Crippen molar-refractivity contribution in [2.75, 3.05) is 12.4 Å². The summed E-state index contributed by atoms with van der Waals surface area (Å²) in [5.41, 5.74) is 1.67. The number of pyridine rings is 1. The van der Waals surface area contributed by atoms with Crippen molar-refractivity contribution >= 4 is 23.1 Å². The number of methoxy groups -OCH3 is 1. The van der Waals surface area contributed by atoms with Crippen molar-refractivity contribution in [3.63, 3.8) is 0 Å². The molecule has 0 spiro atoms. The highest BCUT2D eigenvalue weighted by atomic mass is 16.5. The second kappa shape index (κ2) is 8.61. The second-order valence-corrected chi connectivity index (χ2v) is 6.76. The van der Waals surface area contributed by atoms with Crippen molar-refractivity contribution < 1.29 is 19.4 Å². The lowest BCUT2D eigenvalue weighted by atomic mass is 10.1. The third kappa shape index (κ3) is 3.99. The van der Waals surface area contributed by atoms with Crippen LogP contribution in [0, 0.1) is 18.3 Å². The summed E-state index contributed by atoms with van der Waals surface area (Å²) in [4.78, 5) is 20.0. The summed E-state index contributed by atoms with van der Waals surface area (Å²) in [5.74, 6) is 0.702. The Kier molecular flexibility index (Phi) is 5.55. The van der Waals surface area contributed by atoms with E-state index in [0.29, 0.717) is 22.9 Å². The molecule has 0 atom stereocenters. The van der Waals surface area contributed by atoms with E-state index in [1.165, 1.54) is 7.11 Å². The molecule has 0 aliphatic heterocycles. The van der Waals surface area contributed by atoms with E-state index in [0.717, 1.165) is 4.52 Å². The SMILES string of the molecule is COC(=O)Cc1c(C)nc2c(C#N)c(Nc3ccc(Oc4ccncc4)cc3)nn2c1O. The van der Waals surface area contributed by atoms with Crippen molar-refractivity contribution in [3.8, 4) is 23.4 Å². The van der Waals surface area contributed by atoms with Crippen LogP contribution in [0.15, 0.2) is 48.8 Å². The van der Waals surface area contributed by atoms with Gasteiger partial charge in [0.05, 0.1) is 13.5 Å². The van der Waals surface area contributed by atoms with Crippen LogP contribution in [0.4, 0.5) is 11.5 Å². The minimum absolute atomic E-state index is 0.158. The number of aryl methyl sites for hydroxylation is 1. The zero-order chi connectivity index (χ0) is 22.7. The lowest BCUT2D eigenvalue weighted by Crippen LogP contribution is -2.09. The maximum Gasteiger partial charge on any atom is 0.310 e. The van der Waals surface area contributed by atoms with E-state index in [9.17, 15) is 15.2 Å². The first-order chi connectivity index (χ1) is 15.5. The Morgan fingerprint density at radius 2 is 1.88 bits per heavy atom. The molecule has 0 aliphatic rings. The Morgan fingerprint density at radius 3 is 2.53 bits per heavy atom. The third-order valence-corrected chi connectivity index (χ3v) is 4.70. The number of aromatic hydroxyl groups is 1. The first-order valence-corrected chi connectivity index (χ1v) is 9.53. The molecular weight excluding hydrogens is 412 g/mol. The zero-order valence-corrected chi connectivity index (χ0v) is 17.2. The van der Waals surface area contributed by atoms with Crippen LogP contribution in [0.5, 0.6) is 17.4 Å². The summed E-state index contributed by atoms with van der Waals surface area (Å²) in [6, 6.07) is 12.6. The van der Waals surface area contributed by atoms with E-state index in [1.54, 1.807) is 55.7 Å². The van der Waals surface area contributed by atoms with E-state index in [1.807, 2.05) is 0 Å². The van der Waals surface area contributed by atoms with Gasteiger partial charge >= 0.3 is 5.97 Å². The smallest absolute Gasteiger partial charge is 0.310 e. The van der Waals surface area contributed by atoms with Crippen LogP contribution in [0.25, 0.3) is 5.65 Å². The lowest BCUT2D eigenvalue weighted by Gasteiger charge is -2.08. The first kappa shape index (κ1) is 20.6. The molecule has 32 heavy (non-hydrogen) atoms. The summed E-state index contributed by atoms with van der Waals surface area (Å²) in [6.45, 7) is 1.64. The molecule has 10 heteroatoms. The first-order valence-electron chi connectivity index (χ1n) is 9.53. The van der Waals surface area contributed by atoms with Gasteiger partial charge in [-0.1, -0.05) is 0 Å². The maximum atomic E-state index is 11.7. The molecule has 0 bridgehead atoms. The van der Waals surface area contributed by atoms with E-state index in [4.69, 9.17) is 4.74 Å². The number of hydrogen-bond acceptors (Lipinski definition) is 9. The van der Waals surface area contributed by atoms with Gasteiger partial charge in [-0.3, -0.25) is 9.78 Å². The van der Waals surface area contributed by atoms with Gasteiger partial charge in [-0.25, -0.2) is 4.98 Å². The highest BCUT2D eigenvalue weighted by Crippen LogP contribution is 2.30. The molecule has 2 N–H and O–H groups in total. The largest absolute Gasteiger partial charge is 0.493 e. The highest BCUT2D eigenvalue weighted by Gasteiger charge is 2.22. The van der Waals surface area contributed by atoms with Crippen molar-refractivity contribution in [2.24, 2.45) is 0 Å². The van der Waals surface area contributed by atoms with Crippen LogP contribution in [0.2, 0.25) is 0 Å². The molecule has 0 saturated carbocycles. The Balaban J connectivity index is 1.63. The number of nitriles is 1. The number of rotatable bonds is 6. The fourth-order valence-electron chi connectivity index (χ4n) is 3.08. The number of carbonyl (C=O) groups is 1. The standard InChI is InChI=1S/C22H18N6O4/c1-13-17(11-19(29)31-2)22(30)28-21(25-13)18(12-23)20(27-28)26-14-3-5-15(6-4-14)32-16-7-9-24-10-8-16/h3-10,30H,11H2,1-2H3,(H,26,27). The molecule has 0 aliphatic carbocycles. The van der Waals surface area contributed by atoms with Crippen LogP contribution >= 0.6 is 0 Å². The Hall–Kier alpha value is -4.65. The van der Waals surface area contributed by atoms with E-state index < -0.39 is 5.97 Å². The Labute approximate surface area is 182 Å². The summed E-state index contributed by atoms with van der Waals surface area (Å²) >= 11 is 0. The maximum absolute atomic E-state index is 11.7. The number of nitrogens with zero attached hydrogens (tertiary/aromatic N) is 5. The number of anilines is 2. The Morgan fingerprint density at radius 1 is 1.19 bits per heavy atom. The number of aromatic nitrogens is 4. The minimum Gasteiger partial charge on any atom is -0.493 e. The van der Waals surface area contributed by atoms with Crippen molar-refractivity contribution in [3.05, 3.63) is 65.6 Å². The summed E-state index contributed by atoms with van der Waals surface area (Å²) in [6.07, 6.45) is 3.11. The van der Waals surface area contributed by atoms with Gasteiger partial charge in [-0.15, -0.1) is 5.10 Å². The van der Waals surface area contributed by atoms with Gasteiger partial charge in [-0.2, -0.15) is 9.78 Å². The van der Waals surface area contributed by atoms with Crippen LogP contribution in [-0.2, 0) is 16.0 Å². The average Bonchev–Trinajstić information content (AvgIpc) is 3.15. The molecule has 3 aromatic heterocycles. The van der Waals surface area contributed by atoms with Gasteiger partial charge in [0.1, 0.15) is 23.1 Å². The van der Waals surface area contributed by atoms with Gasteiger partial charge in [0.15, 0.2) is 11.5 Å². The van der Waals surface area contributed by atoms with Crippen molar-refractivity contribution in [1.82, 2.24) is 19.6 Å². The molecular formula is C22H18N6O4. The van der Waals surface area contributed by atoms with Crippen molar-refractivity contribution in [2.45, 2.75) is 13.3 Å². The predicted octanol–water partition coefficient (Wildman–Crippen LogP) is 3.26. The average molecular weight is 430 g/mol. The van der Waals surface area contributed by atoms with Crippen LogP contribution in [0.3, 0.4) is 0 Å². The molecule has 3 heterocycles. The molecule has 10 nitrogen and oxygen atoms in total. The van der Waals surface area contributed by atoms with E-state index in [2.05, 4.69) is 31.2 Å². The van der Waals surface area contributed by atoms with Crippen LogP contribution in [-0.4, -0.2) is 37.8 Å². The van der Waals surface area contributed by atoms with Gasteiger partial charge in [0.25, 0.3) is 0 Å². The quantitative estimate of drug-likeness (QED) is 0.442. The normalized spacial score (nSPS) is 10.5. The number of carbonyl (C=O) groups excluding carboxylic acids is 1. The zero-order valence-electron chi connectivity index (χ0n) is 17.2. The number of hydrogen-bond donors (Lipinski definition) is 2. The molecule has 160 valence electrons. The predicted molar refractivity (Wildman–Crippen MR) is 114 cm³/mol. The third-order valence-electron chi connectivity index (χ3n) is 4.70. The highest BCUT2D eigenvalue weighted by molar-refractivity contribution is 5.76. The number of esters is 1. The summed E-state index contributed by atoms with van der Waals surface area (Å²) in [7, 11) is 1.26. The number of ether oxygens (including phenoxy) is 2. The van der Waals surface area contributed by atoms with Gasteiger partial charge < -0.3 is 19.9 Å². The molecule has 0 saturated heterocycles. The Bertz CT molecular complexity index is 1330. The van der Waals surface area contributed by atoms with Crippen LogP contribution < -0.4 is 10.1 Å². The van der Waals surface area contributed by atoms with Crippen LogP contribution in [0.1, 0.15) is 16.8 Å². The monoisotopic (exact) mass is 430 g/mol. The number of benzene rings is 1. The molecule has 1 aromatic carbocycles. The molecule has 0 unspecified atom stereocenters. The molecule has 4 rings (SSSR count). The van der Waals surface area contributed by atoms with Gasteiger partial charge in [0.2, 0.25) is 5.88 Å². The van der Waals surface area contributed by atoms with Gasteiger partial charge in [-0.05, 0) is 43.3 Å². The molecule has 0 radical (unpaired) electrons. The number of nitrogens with one attached hydrogen (secondary N) is 1. The topological polar surface area (TPSA) is 135 Å². The minimum atomic E-state index is -0.523. The van der Waals surface area contributed by atoms with E-state index in [-0.39, 0.29) is 34.9 Å². The molecule has 4 aromatic rings. The fourth-order valence-corrected chi connectivity index (χ4v) is 3.08. The lowest BCUT2D eigenvalue weighted by molar-refractivity contribution is -0.139. The summed E-state index contributed by atoms with van der Waals surface area (Å²) < 4.78 is 11.5. The van der Waals surface area contributed by atoms with E-state index >= 15 is 0 Å². The second-order valence-electron chi connectivity index (χ2n) is 6.76. The van der Waals surface area contributed by atoms with Gasteiger partial charge in [0, 0.05) is 29.3 Å². The fraction of sp³-hybridized carbons (Fsp3) is 0.136. The molecule has 0 fully saturated rings. The molecule has 0 amide bonds.